The van der Waals surface area contributed by atoms with Crippen LogP contribution in [0.2, 0.25) is 0 Å². The molecule has 2 aliphatic heterocycles. The second-order valence-electron chi connectivity index (χ2n) is 7.84. The van der Waals surface area contributed by atoms with Gasteiger partial charge in [0.1, 0.15) is 0 Å². The quantitative estimate of drug-likeness (QED) is 0.642. The van der Waals surface area contributed by atoms with Crippen molar-refractivity contribution in [2.24, 2.45) is 0 Å². The number of likely N-dealkylation sites (N-methyl/N-ethyl adjacent to an activating group) is 1. The largest absolute Gasteiger partial charge is 0.493 e. The lowest BCUT2D eigenvalue weighted by molar-refractivity contribution is 0.0861. The van der Waals surface area contributed by atoms with E-state index >= 15 is 0 Å². The molecular weight excluding hydrogens is 384 g/mol. The number of tetrazole rings is 1. The van der Waals surface area contributed by atoms with Crippen LogP contribution in [0.25, 0.3) is 0 Å². The van der Waals surface area contributed by atoms with Gasteiger partial charge in [-0.2, -0.15) is 0 Å². The molecule has 9 heteroatoms. The third-order valence-electron chi connectivity index (χ3n) is 6.15. The van der Waals surface area contributed by atoms with Gasteiger partial charge in [-0.15, -0.1) is 5.10 Å². The number of methoxy groups -OCH3 is 2. The second kappa shape index (κ2) is 9.72. The van der Waals surface area contributed by atoms with Crippen molar-refractivity contribution in [1.82, 2.24) is 30.0 Å². The number of hydrogen-bond donors (Lipinski definition) is 0. The fraction of sp³-hybridized carbons (Fsp3) is 0.667. The third-order valence-corrected chi connectivity index (χ3v) is 6.15. The number of rotatable bonds is 8. The third kappa shape index (κ3) is 4.43. The van der Waals surface area contributed by atoms with Gasteiger partial charge in [0.05, 0.1) is 32.9 Å². The lowest BCUT2D eigenvalue weighted by Gasteiger charge is -2.38. The van der Waals surface area contributed by atoms with Crippen LogP contribution in [0.15, 0.2) is 18.2 Å². The van der Waals surface area contributed by atoms with Gasteiger partial charge in [0, 0.05) is 32.8 Å². The molecule has 30 heavy (non-hydrogen) atoms. The van der Waals surface area contributed by atoms with Crippen LogP contribution in [-0.2, 0) is 11.3 Å². The van der Waals surface area contributed by atoms with Crippen molar-refractivity contribution in [3.63, 3.8) is 0 Å². The Morgan fingerprint density at radius 3 is 2.60 bits per heavy atom. The zero-order chi connectivity index (χ0) is 20.9. The fourth-order valence-electron chi connectivity index (χ4n) is 4.40. The molecule has 9 nitrogen and oxygen atoms in total. The molecule has 0 spiro atoms. The highest BCUT2D eigenvalue weighted by molar-refractivity contribution is 5.45. The van der Waals surface area contributed by atoms with Crippen molar-refractivity contribution in [2.45, 2.75) is 38.5 Å². The molecule has 0 N–H and O–H groups in total. The number of aromatic nitrogens is 4. The van der Waals surface area contributed by atoms with Crippen LogP contribution in [-0.4, -0.2) is 89.7 Å². The first-order valence-corrected chi connectivity index (χ1v) is 10.8. The Kier molecular flexibility index (Phi) is 6.81. The van der Waals surface area contributed by atoms with E-state index in [9.17, 15) is 0 Å². The highest BCUT2D eigenvalue weighted by Gasteiger charge is 2.32. The lowest BCUT2D eigenvalue weighted by atomic mass is 10.0. The van der Waals surface area contributed by atoms with Crippen LogP contribution < -0.4 is 9.47 Å². The molecule has 2 atom stereocenters. The topological polar surface area (TPSA) is 77.8 Å². The molecule has 0 aliphatic carbocycles. The number of hydrogen-bond acceptors (Lipinski definition) is 8. The molecule has 4 rings (SSSR count). The smallest absolute Gasteiger partial charge is 0.173 e. The maximum Gasteiger partial charge on any atom is 0.173 e. The van der Waals surface area contributed by atoms with Crippen LogP contribution in [0.4, 0.5) is 0 Å². The van der Waals surface area contributed by atoms with Crippen LogP contribution in [0, 0.1) is 0 Å². The summed E-state index contributed by atoms with van der Waals surface area (Å²) in [4.78, 5) is 4.93. The average Bonchev–Trinajstić information content (AvgIpc) is 3.47. The van der Waals surface area contributed by atoms with E-state index in [1.165, 1.54) is 0 Å². The van der Waals surface area contributed by atoms with Crippen LogP contribution in [0.5, 0.6) is 11.5 Å². The van der Waals surface area contributed by atoms with E-state index < -0.39 is 0 Å². The fourth-order valence-corrected chi connectivity index (χ4v) is 4.40. The van der Waals surface area contributed by atoms with E-state index in [-0.39, 0.29) is 12.1 Å². The molecule has 1 aromatic carbocycles. The van der Waals surface area contributed by atoms with Crippen molar-refractivity contribution in [3.05, 3.63) is 29.6 Å². The maximum absolute atomic E-state index is 5.83. The molecule has 0 amide bonds. The first-order valence-electron chi connectivity index (χ1n) is 10.8. The van der Waals surface area contributed by atoms with Gasteiger partial charge >= 0.3 is 0 Å². The SMILES string of the molecule is CCN1CCN([C@H](c2ccc(OC)c(OC)c2)c2nnnn2C[C@H]2CCCO2)CC1. The van der Waals surface area contributed by atoms with Crippen molar-refractivity contribution < 1.29 is 14.2 Å². The lowest BCUT2D eigenvalue weighted by Crippen LogP contribution is -2.48. The molecule has 0 radical (unpaired) electrons. The zero-order valence-corrected chi connectivity index (χ0v) is 18.2. The van der Waals surface area contributed by atoms with Gasteiger partial charge in [-0.1, -0.05) is 13.0 Å². The molecule has 0 saturated carbocycles. The van der Waals surface area contributed by atoms with E-state index in [0.717, 1.165) is 69.3 Å². The molecule has 2 aromatic rings. The Morgan fingerprint density at radius 2 is 1.93 bits per heavy atom. The molecule has 2 fully saturated rings. The molecule has 3 heterocycles. The Hall–Kier alpha value is -2.23. The average molecular weight is 417 g/mol. The van der Waals surface area contributed by atoms with Crippen molar-refractivity contribution in [3.8, 4) is 11.5 Å². The van der Waals surface area contributed by atoms with Gasteiger partial charge in [-0.3, -0.25) is 4.90 Å². The highest BCUT2D eigenvalue weighted by atomic mass is 16.5. The zero-order valence-electron chi connectivity index (χ0n) is 18.2. The minimum atomic E-state index is -0.0554. The van der Waals surface area contributed by atoms with Crippen molar-refractivity contribution >= 4 is 0 Å². The van der Waals surface area contributed by atoms with Gasteiger partial charge in [0.25, 0.3) is 0 Å². The van der Waals surface area contributed by atoms with Crippen molar-refractivity contribution in [1.29, 1.82) is 0 Å². The van der Waals surface area contributed by atoms with Crippen LogP contribution >= 0.6 is 0 Å². The van der Waals surface area contributed by atoms with Gasteiger partial charge < -0.3 is 19.1 Å². The van der Waals surface area contributed by atoms with Gasteiger partial charge in [-0.05, 0) is 47.5 Å². The molecule has 1 aromatic heterocycles. The molecular formula is C21H32N6O3. The number of benzene rings is 1. The molecule has 0 bridgehead atoms. The summed E-state index contributed by atoms with van der Waals surface area (Å²) in [7, 11) is 3.32. The summed E-state index contributed by atoms with van der Waals surface area (Å²) in [6.45, 7) is 8.77. The van der Waals surface area contributed by atoms with Gasteiger partial charge in [0.15, 0.2) is 17.3 Å². The monoisotopic (exact) mass is 416 g/mol. The molecule has 0 unspecified atom stereocenters. The van der Waals surface area contributed by atoms with Crippen LogP contribution in [0.1, 0.15) is 37.2 Å². The van der Waals surface area contributed by atoms with E-state index in [4.69, 9.17) is 14.2 Å². The predicted molar refractivity (Wildman–Crippen MR) is 112 cm³/mol. The summed E-state index contributed by atoms with van der Waals surface area (Å²) >= 11 is 0. The summed E-state index contributed by atoms with van der Waals surface area (Å²) in [6.07, 6.45) is 2.32. The van der Waals surface area contributed by atoms with E-state index in [1.54, 1.807) is 14.2 Å². The second-order valence-corrected chi connectivity index (χ2v) is 7.84. The predicted octanol–water partition coefficient (Wildman–Crippen LogP) is 1.60. The molecule has 164 valence electrons. The summed E-state index contributed by atoms with van der Waals surface area (Å²) in [5.41, 5.74) is 1.10. The normalized spacial score (nSPS) is 21.6. The van der Waals surface area contributed by atoms with E-state index in [2.05, 4.69) is 38.3 Å². The maximum atomic E-state index is 5.83. The first kappa shape index (κ1) is 21.0. The minimum absolute atomic E-state index is 0.0554. The minimum Gasteiger partial charge on any atom is -0.493 e. The summed E-state index contributed by atoms with van der Waals surface area (Å²) in [5.74, 6) is 2.28. The number of nitrogens with zero attached hydrogens (tertiary/aromatic N) is 6. The standard InChI is InChI=1S/C21H32N6O3/c1-4-25-9-11-26(12-10-25)20(16-7-8-18(28-2)19(14-16)29-3)21-22-23-24-27(21)15-17-6-5-13-30-17/h7-8,14,17,20H,4-6,9-13,15H2,1-3H3/t17-,20-/m1/s1. The summed E-state index contributed by atoms with van der Waals surface area (Å²) in [6, 6.07) is 6.03. The van der Waals surface area contributed by atoms with E-state index in [0.29, 0.717) is 12.3 Å². The van der Waals surface area contributed by atoms with Gasteiger partial charge in [0.2, 0.25) is 0 Å². The Balaban J connectivity index is 1.67. The first-order chi connectivity index (χ1) is 14.7. The summed E-state index contributed by atoms with van der Waals surface area (Å²) < 4.78 is 18.8. The van der Waals surface area contributed by atoms with Gasteiger partial charge in [-0.25, -0.2) is 4.68 Å². The number of piperazine rings is 1. The Morgan fingerprint density at radius 1 is 1.13 bits per heavy atom. The van der Waals surface area contributed by atoms with Crippen molar-refractivity contribution in [2.75, 3.05) is 53.6 Å². The van der Waals surface area contributed by atoms with Crippen LogP contribution in [0.3, 0.4) is 0 Å². The Bertz CT molecular complexity index is 815. The summed E-state index contributed by atoms with van der Waals surface area (Å²) in [5, 5.41) is 12.8. The highest BCUT2D eigenvalue weighted by Crippen LogP contribution is 2.35. The molecule has 2 aliphatic rings. The molecule has 2 saturated heterocycles. The Labute approximate surface area is 177 Å². The van der Waals surface area contributed by atoms with E-state index in [1.807, 2.05) is 16.8 Å². The number of ether oxygens (including phenoxy) is 3.